The summed E-state index contributed by atoms with van der Waals surface area (Å²) >= 11 is 0. The average molecular weight is 798 g/mol. The average Bonchev–Trinajstić information content (AvgIpc) is 3.67. The van der Waals surface area contributed by atoms with E-state index in [4.69, 9.17) is 0 Å². The molecule has 7 rings (SSSR count). The van der Waals surface area contributed by atoms with Crippen LogP contribution >= 0.6 is 0 Å². The van der Waals surface area contributed by atoms with Crippen molar-refractivity contribution in [2.24, 2.45) is 5.92 Å². The fraction of sp³-hybridized carbons (Fsp3) is 0.245. The second-order valence-electron chi connectivity index (χ2n) is 14.9. The largest absolute Gasteiger partial charge is 0.416 e. The molecule has 1 aliphatic heterocycles. The molecule has 0 saturated carbocycles. The molecule has 1 saturated heterocycles. The first kappa shape index (κ1) is 42.3. The second-order valence-corrected chi connectivity index (χ2v) is 14.9. The van der Waals surface area contributed by atoms with E-state index in [0.717, 1.165) is 52.0 Å². The van der Waals surface area contributed by atoms with Crippen molar-refractivity contribution in [3.05, 3.63) is 187 Å². The van der Waals surface area contributed by atoms with Crippen molar-refractivity contribution in [3.63, 3.8) is 0 Å². The van der Waals surface area contributed by atoms with Crippen molar-refractivity contribution in [2.45, 2.75) is 38.5 Å². The number of benzene rings is 3. The molecule has 2 atom stereocenters. The number of allylic oxidation sites excluding steroid dienone is 5. The van der Waals surface area contributed by atoms with Crippen LogP contribution in [0.2, 0.25) is 0 Å². The van der Waals surface area contributed by atoms with Gasteiger partial charge in [0, 0.05) is 75.1 Å². The minimum atomic E-state index is -4.46. The zero-order valence-electron chi connectivity index (χ0n) is 33.3. The van der Waals surface area contributed by atoms with Gasteiger partial charge in [-0.2, -0.15) is 13.2 Å². The van der Waals surface area contributed by atoms with Gasteiger partial charge in [0.1, 0.15) is 6.04 Å². The van der Waals surface area contributed by atoms with E-state index in [1.807, 2.05) is 84.8 Å². The van der Waals surface area contributed by atoms with E-state index in [9.17, 15) is 22.8 Å². The molecule has 3 aromatic carbocycles. The zero-order valence-corrected chi connectivity index (χ0v) is 33.3. The number of aromatic nitrogens is 2. The maximum atomic E-state index is 14.8. The maximum absolute atomic E-state index is 14.8. The zero-order chi connectivity index (χ0) is 41.8. The number of para-hydroxylation sites is 1. The van der Waals surface area contributed by atoms with Crippen LogP contribution in [0.15, 0.2) is 159 Å². The molecule has 1 fully saturated rings. The topological polar surface area (TPSA) is 72.5 Å². The lowest BCUT2D eigenvalue weighted by Gasteiger charge is -2.40. The minimum absolute atomic E-state index is 0.0816. The van der Waals surface area contributed by atoms with Crippen molar-refractivity contribution >= 4 is 34.4 Å². The Kier molecular flexibility index (Phi) is 14.3. The van der Waals surface area contributed by atoms with E-state index >= 15 is 0 Å². The van der Waals surface area contributed by atoms with Crippen molar-refractivity contribution in [1.82, 2.24) is 24.7 Å². The molecule has 10 heteroatoms. The van der Waals surface area contributed by atoms with Crippen LogP contribution in [0.4, 0.5) is 13.2 Å². The number of nitrogens with one attached hydrogen (secondary N) is 1. The SMILES string of the molecule is C=CC(=C)C.O=C([C@H](Cc1c[nH]c2ccccc12)N(CC1C=CC(c2ccccn2)=CC1)C(=O)/C=C/c1ccc(C(F)(F)F)cc1)N1CCN(Cc2ccccc2)CC1. The number of rotatable bonds is 12. The quantitative estimate of drug-likeness (QED) is 0.101. The lowest BCUT2D eigenvalue weighted by atomic mass is 9.93. The lowest BCUT2D eigenvalue weighted by molar-refractivity contribution is -0.145. The molecule has 2 aliphatic rings. The van der Waals surface area contributed by atoms with Crippen molar-refractivity contribution < 1.29 is 22.8 Å². The van der Waals surface area contributed by atoms with E-state index < -0.39 is 17.8 Å². The van der Waals surface area contributed by atoms with Crippen LogP contribution in [0.3, 0.4) is 0 Å². The minimum Gasteiger partial charge on any atom is -0.361 e. The first-order valence-electron chi connectivity index (χ1n) is 19.8. The molecule has 2 amide bonds. The molecule has 7 nitrogen and oxygen atoms in total. The highest BCUT2D eigenvalue weighted by molar-refractivity contribution is 5.96. The molecular formula is C49H50F3N5O2. The molecule has 1 unspecified atom stereocenters. The van der Waals surface area contributed by atoms with E-state index in [2.05, 4.69) is 52.3 Å². The van der Waals surface area contributed by atoms with Crippen LogP contribution in [-0.2, 0) is 28.7 Å². The summed E-state index contributed by atoms with van der Waals surface area (Å²) in [4.78, 5) is 42.9. The molecule has 0 bridgehead atoms. The molecule has 0 spiro atoms. The Bertz CT molecular complexity index is 2290. The Morgan fingerprint density at radius 3 is 2.29 bits per heavy atom. The number of nitrogens with zero attached hydrogens (tertiary/aromatic N) is 4. The highest BCUT2D eigenvalue weighted by Crippen LogP contribution is 2.30. The van der Waals surface area contributed by atoms with Crippen molar-refractivity contribution in [1.29, 1.82) is 0 Å². The number of hydrogen-bond acceptors (Lipinski definition) is 4. The third kappa shape index (κ3) is 11.7. The number of halogens is 3. The summed E-state index contributed by atoms with van der Waals surface area (Å²) in [5.41, 5.74) is 5.64. The van der Waals surface area contributed by atoms with E-state index in [1.165, 1.54) is 29.8 Å². The number of aromatic amines is 1. The number of H-pyrrole nitrogens is 1. The molecule has 2 aromatic heterocycles. The Morgan fingerprint density at radius 1 is 0.949 bits per heavy atom. The predicted octanol–water partition coefficient (Wildman–Crippen LogP) is 9.79. The van der Waals surface area contributed by atoms with Gasteiger partial charge in [-0.1, -0.05) is 110 Å². The summed E-state index contributed by atoms with van der Waals surface area (Å²) in [6.07, 6.45) is 10.9. The van der Waals surface area contributed by atoms with Crippen LogP contribution in [0, 0.1) is 5.92 Å². The number of pyridine rings is 1. The van der Waals surface area contributed by atoms with Crippen LogP contribution in [0.25, 0.3) is 22.6 Å². The Balaban J connectivity index is 0.00000110. The smallest absolute Gasteiger partial charge is 0.361 e. The van der Waals surface area contributed by atoms with Gasteiger partial charge in [-0.3, -0.25) is 19.5 Å². The third-order valence-corrected chi connectivity index (χ3v) is 10.6. The number of piperazine rings is 1. The molecule has 0 radical (unpaired) electrons. The van der Waals surface area contributed by atoms with Crippen LogP contribution in [0.1, 0.15) is 41.3 Å². The normalized spacial score (nSPS) is 16.2. The Hall–Kier alpha value is -6.26. The highest BCUT2D eigenvalue weighted by Gasteiger charge is 2.36. The summed E-state index contributed by atoms with van der Waals surface area (Å²) in [5, 5.41) is 0.983. The first-order chi connectivity index (χ1) is 28.5. The standard InChI is InChI=1S/C44H42F3N5O2.C5H8/c45-44(46,47)37-20-15-32(16-21-37)17-22-42(53)52(31-34-13-18-35(19-14-34)39-11-6-7-23-48-39)41(28-36-29-49-40-12-5-4-10-38(36)40)43(54)51-26-24-50(25-27-51)30-33-8-2-1-3-9-33;1-4-5(2)3/h1-13,15-23,29,34,41,49H,14,24-28,30-31H2;4H,1-2H2,3H3/b22-17+;/t34?,41-;/m0./s1. The van der Waals surface area contributed by atoms with Gasteiger partial charge in [0.2, 0.25) is 11.8 Å². The number of carbonyl (C=O) groups excluding carboxylic acids is 2. The molecular weight excluding hydrogens is 748 g/mol. The van der Waals surface area contributed by atoms with Gasteiger partial charge in [0.15, 0.2) is 0 Å². The lowest BCUT2D eigenvalue weighted by Crippen LogP contribution is -2.57. The number of alkyl halides is 3. The second kappa shape index (κ2) is 19.9. The number of fused-ring (bicyclic) bond motifs is 1. The van der Waals surface area contributed by atoms with Crippen LogP contribution in [-0.4, -0.2) is 75.2 Å². The van der Waals surface area contributed by atoms with E-state index in [-0.39, 0.29) is 24.3 Å². The number of hydrogen-bond donors (Lipinski definition) is 1. The van der Waals surface area contributed by atoms with Crippen LogP contribution < -0.4 is 0 Å². The molecule has 3 heterocycles. The van der Waals surface area contributed by atoms with Gasteiger partial charge in [-0.15, -0.1) is 0 Å². The van der Waals surface area contributed by atoms with Gasteiger partial charge in [-0.05, 0) is 77.9 Å². The number of carbonyl (C=O) groups is 2. The fourth-order valence-electron chi connectivity index (χ4n) is 7.21. The number of amides is 2. The van der Waals surface area contributed by atoms with Gasteiger partial charge in [0.05, 0.1) is 11.3 Å². The summed E-state index contributed by atoms with van der Waals surface area (Å²) in [5.74, 6) is -0.592. The van der Waals surface area contributed by atoms with E-state index in [1.54, 1.807) is 17.2 Å². The molecule has 1 aliphatic carbocycles. The maximum Gasteiger partial charge on any atom is 0.416 e. The van der Waals surface area contributed by atoms with Gasteiger partial charge in [-0.25, -0.2) is 0 Å². The Labute approximate surface area is 344 Å². The Morgan fingerprint density at radius 2 is 1.64 bits per heavy atom. The van der Waals surface area contributed by atoms with Crippen molar-refractivity contribution in [2.75, 3.05) is 32.7 Å². The molecule has 1 N–H and O–H groups in total. The van der Waals surface area contributed by atoms with Gasteiger partial charge >= 0.3 is 6.18 Å². The monoisotopic (exact) mass is 797 g/mol. The molecule has 304 valence electrons. The van der Waals surface area contributed by atoms with Crippen molar-refractivity contribution in [3.8, 4) is 0 Å². The molecule has 5 aromatic rings. The van der Waals surface area contributed by atoms with Crippen LogP contribution in [0.5, 0.6) is 0 Å². The van der Waals surface area contributed by atoms with Gasteiger partial charge < -0.3 is 14.8 Å². The van der Waals surface area contributed by atoms with E-state index in [0.29, 0.717) is 44.6 Å². The molecule has 59 heavy (non-hydrogen) atoms. The fourth-order valence-corrected chi connectivity index (χ4v) is 7.21. The predicted molar refractivity (Wildman–Crippen MR) is 231 cm³/mol. The van der Waals surface area contributed by atoms with Gasteiger partial charge in [0.25, 0.3) is 0 Å². The summed E-state index contributed by atoms with van der Waals surface area (Å²) in [7, 11) is 0. The summed E-state index contributed by atoms with van der Waals surface area (Å²) in [6.45, 7) is 12.4. The third-order valence-electron chi connectivity index (χ3n) is 10.6. The summed E-state index contributed by atoms with van der Waals surface area (Å²) in [6, 6.07) is 27.8. The first-order valence-corrected chi connectivity index (χ1v) is 19.8. The summed E-state index contributed by atoms with van der Waals surface area (Å²) < 4.78 is 39.7. The highest BCUT2D eigenvalue weighted by atomic mass is 19.4.